The number of carbonyl (C=O) groups excluding carboxylic acids is 1. The van der Waals surface area contributed by atoms with Gasteiger partial charge in [-0.15, -0.1) is 0 Å². The molecule has 0 saturated heterocycles. The van der Waals surface area contributed by atoms with E-state index in [9.17, 15) is 19.4 Å². The van der Waals surface area contributed by atoms with Crippen LogP contribution in [-0.2, 0) is 18.4 Å². The zero-order valence-corrected chi connectivity index (χ0v) is 42.3. The molecule has 364 valence electrons. The highest BCUT2D eigenvalue weighted by molar-refractivity contribution is 7.45. The third-order valence-corrected chi connectivity index (χ3v) is 13.2. The molecule has 0 aliphatic heterocycles. The third kappa shape index (κ3) is 47.0. The van der Waals surface area contributed by atoms with Crippen molar-refractivity contribution in [2.75, 3.05) is 40.9 Å². The summed E-state index contributed by atoms with van der Waals surface area (Å²) in [6, 6.07) is -0.881. The molecule has 0 fully saturated rings. The Labute approximate surface area is 380 Å². The summed E-state index contributed by atoms with van der Waals surface area (Å²) < 4.78 is 23.3. The summed E-state index contributed by atoms with van der Waals surface area (Å²) in [5.41, 5.74) is 0. The molecule has 0 radical (unpaired) electrons. The van der Waals surface area contributed by atoms with E-state index >= 15 is 0 Å². The molecule has 2 N–H and O–H groups in total. The molecular formula is C52H105N2O6P. The smallest absolute Gasteiger partial charge is 0.268 e. The Morgan fingerprint density at radius 3 is 1.23 bits per heavy atom. The van der Waals surface area contributed by atoms with Crippen LogP contribution in [0.1, 0.15) is 264 Å². The number of likely N-dealkylation sites (N-methyl/N-ethyl adjacent to an activating group) is 1. The fraction of sp³-hybridized carbons (Fsp3) is 0.942. The van der Waals surface area contributed by atoms with Crippen molar-refractivity contribution in [1.82, 2.24) is 5.32 Å². The maximum atomic E-state index is 12.9. The molecule has 0 saturated carbocycles. The first-order valence-electron chi connectivity index (χ1n) is 26.6. The van der Waals surface area contributed by atoms with Gasteiger partial charge in [0, 0.05) is 6.42 Å². The quantitative estimate of drug-likeness (QED) is 0.0273. The minimum atomic E-state index is -4.59. The van der Waals surface area contributed by atoms with Crippen LogP contribution in [0.5, 0.6) is 0 Å². The van der Waals surface area contributed by atoms with Gasteiger partial charge in [-0.05, 0) is 19.3 Å². The van der Waals surface area contributed by atoms with Gasteiger partial charge in [0.25, 0.3) is 7.82 Å². The number of nitrogens with one attached hydrogen (secondary N) is 1. The number of unbranched alkanes of at least 4 members (excludes halogenated alkanes) is 36. The van der Waals surface area contributed by atoms with Gasteiger partial charge in [0.05, 0.1) is 39.9 Å². The Morgan fingerprint density at radius 1 is 0.557 bits per heavy atom. The van der Waals surface area contributed by atoms with Crippen molar-refractivity contribution >= 4 is 13.7 Å². The van der Waals surface area contributed by atoms with Crippen molar-refractivity contribution in [1.29, 1.82) is 0 Å². The van der Waals surface area contributed by atoms with Crippen LogP contribution in [0.4, 0.5) is 0 Å². The second kappa shape index (κ2) is 44.4. The van der Waals surface area contributed by atoms with Crippen molar-refractivity contribution in [2.45, 2.75) is 276 Å². The molecule has 3 unspecified atom stereocenters. The first-order valence-corrected chi connectivity index (χ1v) is 28.0. The van der Waals surface area contributed by atoms with Crippen LogP contribution in [0.2, 0.25) is 0 Å². The molecule has 0 aromatic carbocycles. The van der Waals surface area contributed by atoms with Gasteiger partial charge < -0.3 is 28.8 Å². The number of nitrogens with zero attached hydrogens (tertiary/aromatic N) is 1. The predicted molar refractivity (Wildman–Crippen MR) is 261 cm³/mol. The summed E-state index contributed by atoms with van der Waals surface area (Å²) in [5, 5.41) is 13.8. The Kier molecular flexibility index (Phi) is 43.9. The average molecular weight is 885 g/mol. The summed E-state index contributed by atoms with van der Waals surface area (Å²) in [4.78, 5) is 25.4. The Morgan fingerprint density at radius 2 is 0.885 bits per heavy atom. The average Bonchev–Trinajstić information content (AvgIpc) is 3.21. The van der Waals surface area contributed by atoms with Gasteiger partial charge in [-0.2, -0.15) is 0 Å². The van der Waals surface area contributed by atoms with E-state index in [1.54, 1.807) is 6.08 Å². The number of hydrogen-bond acceptors (Lipinski definition) is 6. The first kappa shape index (κ1) is 60.2. The molecule has 0 aliphatic carbocycles. The highest BCUT2D eigenvalue weighted by Crippen LogP contribution is 2.38. The lowest BCUT2D eigenvalue weighted by Gasteiger charge is -2.29. The van der Waals surface area contributed by atoms with E-state index in [2.05, 4.69) is 19.2 Å². The molecule has 61 heavy (non-hydrogen) atoms. The fourth-order valence-electron chi connectivity index (χ4n) is 8.04. The summed E-state index contributed by atoms with van der Waals surface area (Å²) >= 11 is 0. The van der Waals surface area contributed by atoms with E-state index in [-0.39, 0.29) is 19.1 Å². The third-order valence-electron chi connectivity index (χ3n) is 12.2. The second-order valence-corrected chi connectivity index (χ2v) is 21.0. The van der Waals surface area contributed by atoms with Crippen molar-refractivity contribution in [3.05, 3.63) is 12.2 Å². The van der Waals surface area contributed by atoms with E-state index in [0.29, 0.717) is 17.4 Å². The normalized spacial score (nSPS) is 14.1. The van der Waals surface area contributed by atoms with Gasteiger partial charge in [0.1, 0.15) is 13.2 Å². The number of phosphoric ester groups is 1. The van der Waals surface area contributed by atoms with Crippen LogP contribution >= 0.6 is 7.82 Å². The fourth-order valence-corrected chi connectivity index (χ4v) is 8.76. The van der Waals surface area contributed by atoms with Crippen molar-refractivity contribution in [2.24, 2.45) is 0 Å². The molecular weight excluding hydrogens is 780 g/mol. The molecule has 0 rings (SSSR count). The largest absolute Gasteiger partial charge is 0.756 e. The van der Waals surface area contributed by atoms with E-state index in [1.165, 1.54) is 205 Å². The van der Waals surface area contributed by atoms with Gasteiger partial charge in [0.2, 0.25) is 5.91 Å². The number of aliphatic hydroxyl groups is 1. The minimum Gasteiger partial charge on any atom is -0.756 e. The number of carbonyl (C=O) groups is 1. The molecule has 3 atom stereocenters. The standard InChI is InChI=1S/C52H105N2O6P/c1-6-8-10-12-14-16-18-20-22-23-24-25-26-27-28-29-30-32-34-36-38-40-42-44-46-52(56)53-50(49-60-61(57,58)59-48-47-54(3,4)5)51(55)45-43-41-39-37-35-33-31-21-19-17-15-13-11-9-7-2/h43,45,50-51,55H,6-42,44,46-49H2,1-5H3,(H-,53,56,57,58)/b45-43+. The number of hydrogen-bond donors (Lipinski definition) is 2. The maximum absolute atomic E-state index is 12.9. The zero-order chi connectivity index (χ0) is 45.0. The van der Waals surface area contributed by atoms with Gasteiger partial charge in [-0.25, -0.2) is 0 Å². The van der Waals surface area contributed by atoms with Crippen LogP contribution in [0.25, 0.3) is 0 Å². The monoisotopic (exact) mass is 885 g/mol. The van der Waals surface area contributed by atoms with E-state index in [4.69, 9.17) is 9.05 Å². The lowest BCUT2D eigenvalue weighted by molar-refractivity contribution is -0.870. The number of quaternary nitrogens is 1. The molecule has 0 bridgehead atoms. The molecule has 0 spiro atoms. The van der Waals surface area contributed by atoms with Crippen molar-refractivity contribution in [3.8, 4) is 0 Å². The van der Waals surface area contributed by atoms with Crippen LogP contribution in [0.15, 0.2) is 12.2 Å². The van der Waals surface area contributed by atoms with Crippen LogP contribution in [0, 0.1) is 0 Å². The second-order valence-electron chi connectivity index (χ2n) is 19.6. The van der Waals surface area contributed by atoms with Crippen LogP contribution in [-0.4, -0.2) is 68.5 Å². The summed E-state index contributed by atoms with van der Waals surface area (Å²) in [7, 11) is 1.28. The van der Waals surface area contributed by atoms with Gasteiger partial charge in [-0.3, -0.25) is 9.36 Å². The zero-order valence-electron chi connectivity index (χ0n) is 41.4. The first-order chi connectivity index (χ1) is 29.5. The van der Waals surface area contributed by atoms with Crippen molar-refractivity contribution in [3.63, 3.8) is 0 Å². The van der Waals surface area contributed by atoms with E-state index in [1.807, 2.05) is 27.2 Å². The molecule has 1 amide bonds. The van der Waals surface area contributed by atoms with Gasteiger partial charge in [0.15, 0.2) is 0 Å². The maximum Gasteiger partial charge on any atom is 0.268 e. The Balaban J connectivity index is 4.18. The van der Waals surface area contributed by atoms with Gasteiger partial charge in [-0.1, -0.05) is 251 Å². The number of amides is 1. The topological polar surface area (TPSA) is 108 Å². The number of rotatable bonds is 49. The highest BCUT2D eigenvalue weighted by Gasteiger charge is 2.23. The molecule has 0 aliphatic rings. The molecule has 0 aromatic rings. The lowest BCUT2D eigenvalue weighted by Crippen LogP contribution is -2.45. The summed E-state index contributed by atoms with van der Waals surface area (Å²) in [6.45, 7) is 4.68. The Hall–Kier alpha value is -0.760. The molecule has 8 nitrogen and oxygen atoms in total. The molecule has 0 aromatic heterocycles. The summed E-state index contributed by atoms with van der Waals surface area (Å²) in [6.07, 6.45) is 52.7. The minimum absolute atomic E-state index is 0.00243. The van der Waals surface area contributed by atoms with E-state index < -0.39 is 20.0 Å². The lowest BCUT2D eigenvalue weighted by atomic mass is 10.0. The van der Waals surface area contributed by atoms with Crippen LogP contribution in [0.3, 0.4) is 0 Å². The SMILES string of the molecule is CCCCCCCCCCCCCCC/C=C/C(O)C(COP(=O)([O-])OCC[N+](C)(C)C)NC(=O)CCCCCCCCCCCCCCCCCCCCCCCCCC. The molecule has 0 heterocycles. The van der Waals surface area contributed by atoms with Crippen molar-refractivity contribution < 1.29 is 32.9 Å². The van der Waals surface area contributed by atoms with E-state index in [0.717, 1.165) is 38.5 Å². The number of phosphoric acid groups is 1. The van der Waals surface area contributed by atoms with Gasteiger partial charge >= 0.3 is 0 Å². The Bertz CT molecular complexity index is 1000. The number of aliphatic hydroxyl groups excluding tert-OH is 1. The predicted octanol–water partition coefficient (Wildman–Crippen LogP) is 14.8. The highest BCUT2D eigenvalue weighted by atomic mass is 31.2. The van der Waals surface area contributed by atoms with Crippen LogP contribution < -0.4 is 10.2 Å². The molecule has 9 heteroatoms. The number of allylic oxidation sites excluding steroid dienone is 1. The summed E-state index contributed by atoms with van der Waals surface area (Å²) in [5.74, 6) is -0.192.